The lowest BCUT2D eigenvalue weighted by molar-refractivity contribution is 0.678. The van der Waals surface area contributed by atoms with Crippen LogP contribution in [0, 0.1) is 5.21 Å². The lowest BCUT2D eigenvalue weighted by atomic mass is 10.0. The van der Waals surface area contributed by atoms with Crippen molar-refractivity contribution in [3.8, 4) is 0 Å². The number of nitrogens with zero attached hydrogens (tertiary/aromatic N) is 1. The Hall–Kier alpha value is -2.62. The zero-order valence-electron chi connectivity index (χ0n) is 11.2. The van der Waals surface area contributed by atoms with Gasteiger partial charge in [-0.15, -0.1) is 0 Å². The van der Waals surface area contributed by atoms with E-state index < -0.39 is 4.65 Å². The Labute approximate surface area is 121 Å². The normalized spacial score (nSPS) is 24.0. The van der Waals surface area contributed by atoms with E-state index >= 15 is 0 Å². The maximum atomic E-state index is 13.6. The van der Waals surface area contributed by atoms with Crippen LogP contribution in [0.5, 0.6) is 0 Å². The highest BCUT2D eigenvalue weighted by molar-refractivity contribution is 6.02. The summed E-state index contributed by atoms with van der Waals surface area (Å²) in [6.07, 6.45) is 5.72. The molecule has 0 radical (unpaired) electrons. The van der Waals surface area contributed by atoms with Crippen LogP contribution < -0.4 is 20.4 Å². The van der Waals surface area contributed by atoms with Gasteiger partial charge in [0.1, 0.15) is 11.9 Å². The number of dihydropyridines is 1. The van der Waals surface area contributed by atoms with Gasteiger partial charge < -0.3 is 10.5 Å². The van der Waals surface area contributed by atoms with E-state index in [4.69, 9.17) is 0 Å². The molecule has 3 heterocycles. The van der Waals surface area contributed by atoms with E-state index in [1.54, 1.807) is 6.20 Å². The van der Waals surface area contributed by atoms with Crippen molar-refractivity contribution in [2.24, 2.45) is 0 Å². The molecule has 21 heavy (non-hydrogen) atoms. The molecule has 3 heteroatoms. The van der Waals surface area contributed by atoms with Crippen molar-refractivity contribution >= 4 is 23.2 Å². The Morgan fingerprint density at radius 1 is 0.952 bits per heavy atom. The zero-order chi connectivity index (χ0) is 14.0. The minimum absolute atomic E-state index is 0.505. The molecular formula is C18H12N2O. The monoisotopic (exact) mass is 272 g/mol. The van der Waals surface area contributed by atoms with E-state index in [-0.39, 0.29) is 0 Å². The van der Waals surface area contributed by atoms with E-state index in [2.05, 4.69) is 11.4 Å². The first-order valence-electron chi connectivity index (χ1n) is 6.99. The molecule has 0 fully saturated rings. The topological polar surface area (TPSA) is 35.1 Å². The minimum atomic E-state index is -0.505. The van der Waals surface area contributed by atoms with Gasteiger partial charge in [-0.1, -0.05) is 30.3 Å². The molecule has 0 saturated heterocycles. The maximum Gasteiger partial charge on any atom is 0.175 e. The molecule has 0 amide bonds. The predicted molar refractivity (Wildman–Crippen MR) is 84.4 cm³/mol. The molecule has 0 aliphatic carbocycles. The van der Waals surface area contributed by atoms with Gasteiger partial charge in [0.05, 0.1) is 11.1 Å². The number of benzene rings is 2. The quantitative estimate of drug-likeness (QED) is 0.587. The molecule has 0 aromatic heterocycles. The standard InChI is InChI=1S/C18H12N2O/c21-20-11-12-5-1-2-6-13(12)17-18(20)15(9-10-19-17)14-7-3-4-8-16(14)20/h1-11,19H. The largest absolute Gasteiger partial charge is 0.617 e. The van der Waals surface area contributed by atoms with Crippen LogP contribution in [0.2, 0.25) is 0 Å². The van der Waals surface area contributed by atoms with Crippen LogP contribution in [-0.2, 0) is 0 Å². The van der Waals surface area contributed by atoms with Gasteiger partial charge in [-0.2, -0.15) is 0 Å². The van der Waals surface area contributed by atoms with Gasteiger partial charge in [-0.3, -0.25) is 4.65 Å². The van der Waals surface area contributed by atoms with Crippen LogP contribution in [0.1, 0.15) is 5.56 Å². The van der Waals surface area contributed by atoms with Gasteiger partial charge in [-0.05, 0) is 18.2 Å². The predicted octanol–water partition coefficient (Wildman–Crippen LogP) is 1.89. The van der Waals surface area contributed by atoms with Gasteiger partial charge in [0.2, 0.25) is 0 Å². The Morgan fingerprint density at radius 2 is 1.76 bits per heavy atom. The summed E-state index contributed by atoms with van der Waals surface area (Å²) in [5, 5.41) is 19.0. The van der Waals surface area contributed by atoms with Crippen LogP contribution >= 0.6 is 0 Å². The molecule has 100 valence electrons. The fourth-order valence-electron chi connectivity index (χ4n) is 3.54. The molecule has 3 aliphatic rings. The summed E-state index contributed by atoms with van der Waals surface area (Å²) < 4.78 is -0.505. The number of rotatable bonds is 0. The minimum Gasteiger partial charge on any atom is -0.617 e. The van der Waals surface area contributed by atoms with Crippen molar-refractivity contribution in [2.45, 2.75) is 0 Å². The number of quaternary nitrogens is 1. The fraction of sp³-hybridized carbons (Fsp3) is 0. The van der Waals surface area contributed by atoms with Gasteiger partial charge in [0.15, 0.2) is 11.4 Å². The third kappa shape index (κ3) is 1.21. The van der Waals surface area contributed by atoms with Crippen molar-refractivity contribution in [1.82, 2.24) is 9.96 Å². The van der Waals surface area contributed by atoms with E-state index in [9.17, 15) is 5.21 Å². The lowest BCUT2D eigenvalue weighted by Crippen LogP contribution is -2.48. The third-order valence-electron chi connectivity index (χ3n) is 4.40. The van der Waals surface area contributed by atoms with E-state index in [1.807, 2.05) is 54.7 Å². The van der Waals surface area contributed by atoms with Crippen molar-refractivity contribution in [3.63, 3.8) is 0 Å². The van der Waals surface area contributed by atoms with Crippen LogP contribution in [0.25, 0.3) is 17.5 Å². The van der Waals surface area contributed by atoms with Crippen molar-refractivity contribution < 1.29 is 0 Å². The highest BCUT2D eigenvalue weighted by Crippen LogP contribution is 2.49. The summed E-state index contributed by atoms with van der Waals surface area (Å²) in [4.78, 5) is 0. The number of hydrogen-bond acceptors (Lipinski definition) is 2. The zero-order valence-corrected chi connectivity index (χ0v) is 11.2. The summed E-state index contributed by atoms with van der Waals surface area (Å²) in [6.45, 7) is 0. The van der Waals surface area contributed by atoms with Gasteiger partial charge in [-0.25, -0.2) is 0 Å². The first-order valence-corrected chi connectivity index (χ1v) is 6.99. The SMILES string of the molecule is [O-][N+]12C=c3ccccc3=C3NC=CC(=C31)c1ccccc12. The molecule has 3 nitrogen and oxygen atoms in total. The van der Waals surface area contributed by atoms with Crippen LogP contribution in [-0.4, -0.2) is 0 Å². The summed E-state index contributed by atoms with van der Waals surface area (Å²) in [7, 11) is 0. The van der Waals surface area contributed by atoms with Crippen LogP contribution in [0.4, 0.5) is 5.69 Å². The molecule has 3 aliphatic heterocycles. The number of allylic oxidation sites excluding steroid dienone is 2. The second-order valence-corrected chi connectivity index (χ2v) is 5.51. The molecule has 2 aromatic rings. The molecule has 5 rings (SSSR count). The molecular weight excluding hydrogens is 260 g/mol. The van der Waals surface area contributed by atoms with Gasteiger partial charge in [0.25, 0.3) is 0 Å². The van der Waals surface area contributed by atoms with Gasteiger partial charge in [0, 0.05) is 22.7 Å². The first kappa shape index (κ1) is 11.1. The van der Waals surface area contributed by atoms with E-state index in [0.717, 1.165) is 38.7 Å². The molecule has 0 spiro atoms. The van der Waals surface area contributed by atoms with Gasteiger partial charge >= 0.3 is 0 Å². The van der Waals surface area contributed by atoms with Crippen LogP contribution in [0.3, 0.4) is 0 Å². The smallest absolute Gasteiger partial charge is 0.175 e. The highest BCUT2D eigenvalue weighted by atomic mass is 16.5. The van der Waals surface area contributed by atoms with Crippen LogP contribution in [0.15, 0.2) is 66.5 Å². The number of nitrogens with one attached hydrogen (secondary N) is 1. The number of hydrogen-bond donors (Lipinski definition) is 1. The summed E-state index contributed by atoms with van der Waals surface area (Å²) in [6, 6.07) is 15.9. The Balaban J connectivity index is 2.03. The van der Waals surface area contributed by atoms with Crippen molar-refractivity contribution in [1.29, 1.82) is 0 Å². The van der Waals surface area contributed by atoms with E-state index in [0.29, 0.717) is 0 Å². The van der Waals surface area contributed by atoms with Crippen molar-refractivity contribution in [3.05, 3.63) is 87.7 Å². The maximum absolute atomic E-state index is 13.6. The number of para-hydroxylation sites is 1. The average Bonchev–Trinajstić information content (AvgIpc) is 2.79. The number of hydroxylamine groups is 2. The summed E-state index contributed by atoms with van der Waals surface area (Å²) >= 11 is 0. The molecule has 0 bridgehead atoms. The second kappa shape index (κ2) is 3.52. The Morgan fingerprint density at radius 3 is 2.71 bits per heavy atom. The molecule has 0 saturated carbocycles. The summed E-state index contributed by atoms with van der Waals surface area (Å²) in [5.74, 6) is 0. The molecule has 1 N–H and O–H groups in total. The Bertz CT molecular complexity index is 984. The van der Waals surface area contributed by atoms with E-state index in [1.165, 1.54) is 0 Å². The number of fused-ring (bicyclic) bond motifs is 4. The molecule has 1 atom stereocenters. The average molecular weight is 272 g/mol. The summed E-state index contributed by atoms with van der Waals surface area (Å²) in [5.41, 5.74) is 4.58. The van der Waals surface area contributed by atoms with Crippen molar-refractivity contribution in [2.75, 3.05) is 0 Å². The molecule has 1 unspecified atom stereocenters. The molecule has 2 aromatic carbocycles. The Kier molecular flexibility index (Phi) is 1.86. The first-order chi connectivity index (χ1) is 10.3. The third-order valence-corrected chi connectivity index (χ3v) is 4.40. The fourth-order valence-corrected chi connectivity index (χ4v) is 3.54. The lowest BCUT2D eigenvalue weighted by Gasteiger charge is -2.39. The highest BCUT2D eigenvalue weighted by Gasteiger charge is 2.42. The second-order valence-electron chi connectivity index (χ2n) is 5.51.